The Morgan fingerprint density at radius 1 is 1.15 bits per heavy atom. The van der Waals surface area contributed by atoms with Crippen molar-refractivity contribution in [2.45, 2.75) is 54.6 Å². The molecular weight excluding hydrogens is 335 g/mol. The summed E-state index contributed by atoms with van der Waals surface area (Å²) in [6, 6.07) is 5.72. The maximum atomic E-state index is 5.96. The normalized spacial score (nSPS) is 11.6. The Balaban J connectivity index is 0.000000614. The van der Waals surface area contributed by atoms with Crippen LogP contribution in [0.15, 0.2) is 30.6 Å². The van der Waals surface area contributed by atoms with Crippen molar-refractivity contribution in [3.8, 4) is 17.1 Å². The summed E-state index contributed by atoms with van der Waals surface area (Å²) >= 11 is 0. The highest BCUT2D eigenvalue weighted by Gasteiger charge is 2.22. The van der Waals surface area contributed by atoms with Crippen molar-refractivity contribution in [2.24, 2.45) is 0 Å². The van der Waals surface area contributed by atoms with Gasteiger partial charge in [-0.2, -0.15) is 0 Å². The highest BCUT2D eigenvalue weighted by Crippen LogP contribution is 2.32. The number of ether oxygens (including phenoxy) is 1. The van der Waals surface area contributed by atoms with Crippen LogP contribution < -0.4 is 10.2 Å². The molecule has 0 fully saturated rings. The Labute approximate surface area is 163 Å². The molecule has 5 nitrogen and oxygen atoms in total. The molecule has 3 aromatic rings. The first-order valence-electron chi connectivity index (χ1n) is 9.70. The Kier molecular flexibility index (Phi) is 7.28. The van der Waals surface area contributed by atoms with Gasteiger partial charge in [-0.05, 0) is 19.9 Å². The quantitative estimate of drug-likeness (QED) is 0.652. The lowest BCUT2D eigenvalue weighted by atomic mass is 9.94. The number of aromatic nitrogens is 4. The Hall–Kier alpha value is -2.50. The van der Waals surface area contributed by atoms with Crippen LogP contribution >= 0.6 is 0 Å². The van der Waals surface area contributed by atoms with Gasteiger partial charge in [0.15, 0.2) is 0 Å². The van der Waals surface area contributed by atoms with Crippen LogP contribution in [-0.4, -0.2) is 33.6 Å². The van der Waals surface area contributed by atoms with E-state index in [0.717, 1.165) is 41.7 Å². The van der Waals surface area contributed by atoms with Crippen LogP contribution in [0.2, 0.25) is 0 Å². The first kappa shape index (κ1) is 20.8. The molecule has 0 bridgehead atoms. The molecule has 1 aromatic carbocycles. The van der Waals surface area contributed by atoms with Crippen LogP contribution in [-0.2, 0) is 13.1 Å². The lowest BCUT2D eigenvalue weighted by Gasteiger charge is -2.11. The summed E-state index contributed by atoms with van der Waals surface area (Å²) in [5, 5.41) is 0. The van der Waals surface area contributed by atoms with E-state index in [9.17, 15) is 0 Å². The zero-order valence-corrected chi connectivity index (χ0v) is 17.3. The fourth-order valence-corrected chi connectivity index (χ4v) is 3.08. The van der Waals surface area contributed by atoms with Crippen molar-refractivity contribution in [1.29, 1.82) is 0 Å². The Morgan fingerprint density at radius 3 is 2.56 bits per heavy atom. The number of benzene rings is 1. The molecule has 27 heavy (non-hydrogen) atoms. The van der Waals surface area contributed by atoms with Crippen LogP contribution in [0.25, 0.3) is 11.4 Å². The van der Waals surface area contributed by atoms with Crippen LogP contribution in [0.1, 0.15) is 44.9 Å². The second-order valence-corrected chi connectivity index (χ2v) is 5.83. The van der Waals surface area contributed by atoms with Gasteiger partial charge < -0.3 is 13.9 Å². The summed E-state index contributed by atoms with van der Waals surface area (Å²) in [6.45, 7) is 14.2. The molecule has 6 heteroatoms. The molecule has 0 atom stereocenters. The van der Waals surface area contributed by atoms with Gasteiger partial charge >= 0.3 is 0 Å². The number of nitrogens with zero attached hydrogens (tertiary/aromatic N) is 4. The van der Waals surface area contributed by atoms with Crippen LogP contribution in [0.4, 0.5) is 0 Å². The van der Waals surface area contributed by atoms with Crippen LogP contribution in [0.3, 0.4) is 0 Å². The van der Waals surface area contributed by atoms with E-state index in [0.29, 0.717) is 12.1 Å². The number of hydrogen-bond acceptors (Lipinski definition) is 3. The summed E-state index contributed by atoms with van der Waals surface area (Å²) in [6.07, 6.45) is 3.82. The van der Waals surface area contributed by atoms with Gasteiger partial charge in [-0.15, -0.1) is 0 Å². The third kappa shape index (κ3) is 4.26. The van der Waals surface area contributed by atoms with Gasteiger partial charge in [0.1, 0.15) is 31.9 Å². The minimum Gasteiger partial charge on any atom is -0.491 e. The molecule has 0 spiro atoms. The maximum Gasteiger partial charge on any atom is 0.144 e. The topological polar surface area (TPSA) is 44.9 Å². The highest BCUT2D eigenvalue weighted by atomic mass is 16.5. The van der Waals surface area contributed by atoms with Crippen molar-refractivity contribution in [1.82, 2.24) is 19.1 Å². The Bertz CT molecular complexity index is 882. The molecule has 1 aliphatic rings. The molecule has 2 radical (unpaired) electrons. The van der Waals surface area contributed by atoms with Gasteiger partial charge in [-0.3, -0.25) is 0 Å². The fraction of sp³-hybridized carbons (Fsp3) is 0.429. The molecule has 0 amide bonds. The number of hydrogen-bond donors (Lipinski definition) is 0. The molecule has 0 saturated carbocycles. The average Bonchev–Trinajstić information content (AvgIpc) is 3.18. The third-order valence-corrected chi connectivity index (χ3v) is 4.33. The van der Waals surface area contributed by atoms with Gasteiger partial charge in [-0.1, -0.05) is 45.3 Å². The molecule has 142 valence electrons. The third-order valence-electron chi connectivity index (χ3n) is 4.33. The van der Waals surface area contributed by atoms with Crippen LogP contribution in [0.5, 0.6) is 5.75 Å². The van der Waals surface area contributed by atoms with Crippen LogP contribution in [0, 0.1) is 13.8 Å². The number of imidazole rings is 2. The predicted molar refractivity (Wildman–Crippen MR) is 112 cm³/mol. The zero-order chi connectivity index (χ0) is 20.0. The van der Waals surface area contributed by atoms with Gasteiger partial charge in [0.2, 0.25) is 0 Å². The molecule has 3 heterocycles. The molecule has 0 unspecified atom stereocenters. The Morgan fingerprint density at radius 2 is 1.89 bits per heavy atom. The molecule has 0 saturated heterocycles. The first-order valence-corrected chi connectivity index (χ1v) is 9.70. The van der Waals surface area contributed by atoms with E-state index in [1.54, 1.807) is 0 Å². The summed E-state index contributed by atoms with van der Waals surface area (Å²) in [5.74, 6) is 2.76. The van der Waals surface area contributed by atoms with Crippen molar-refractivity contribution in [3.05, 3.63) is 47.8 Å². The first-order chi connectivity index (χ1) is 13.1. The molecule has 2 aromatic heterocycles. The second kappa shape index (κ2) is 9.44. The summed E-state index contributed by atoms with van der Waals surface area (Å²) in [5.41, 5.74) is 3.89. The zero-order valence-electron chi connectivity index (χ0n) is 17.3. The van der Waals surface area contributed by atoms with Crippen molar-refractivity contribution >= 4 is 13.3 Å². The van der Waals surface area contributed by atoms with E-state index in [4.69, 9.17) is 17.6 Å². The predicted octanol–water partition coefficient (Wildman–Crippen LogP) is 3.65. The smallest absolute Gasteiger partial charge is 0.144 e. The number of aryl methyl sites for hydroxylation is 2. The molecule has 1 aliphatic heterocycles. The molecule has 0 N–H and O–H groups in total. The summed E-state index contributed by atoms with van der Waals surface area (Å²) in [7, 11) is 5.96. The van der Waals surface area contributed by atoms with E-state index in [2.05, 4.69) is 21.0 Å². The van der Waals surface area contributed by atoms with E-state index in [1.165, 1.54) is 5.69 Å². The number of fused-ring (bicyclic) bond motifs is 3. The van der Waals surface area contributed by atoms with Gasteiger partial charge in [0.05, 0.1) is 30.0 Å². The van der Waals surface area contributed by atoms with Crippen molar-refractivity contribution in [3.63, 3.8) is 0 Å². The van der Waals surface area contributed by atoms with E-state index in [-0.39, 0.29) is 0 Å². The highest BCUT2D eigenvalue weighted by molar-refractivity contribution is 6.32. The lowest BCUT2D eigenvalue weighted by molar-refractivity contribution is 0.304. The van der Waals surface area contributed by atoms with E-state index < -0.39 is 0 Å². The standard InChI is InChI=1S/C17H17BN4O.2C2H6/c1-11-15(10-21-6-5-19-12(21)2)22-7-8-23-16-4-3-13(18)9-14(16)17(22)20-11;2*1-2/h3-6,9H,7-8,10H2,1-2H3;2*1-2H3. The van der Waals surface area contributed by atoms with E-state index in [1.807, 2.05) is 65.2 Å². The SMILES string of the molecule is CC.CC.[B]c1ccc2c(c1)-c1nc(C)c(Cn3ccnc3C)n1CCO2. The molecular formula is C21H29BN4O. The van der Waals surface area contributed by atoms with Gasteiger partial charge in [0.25, 0.3) is 0 Å². The molecule has 0 aliphatic carbocycles. The summed E-state index contributed by atoms with van der Waals surface area (Å²) in [4.78, 5) is 9.09. The summed E-state index contributed by atoms with van der Waals surface area (Å²) < 4.78 is 10.2. The van der Waals surface area contributed by atoms with E-state index >= 15 is 0 Å². The molecule has 4 rings (SSSR count). The fourth-order valence-electron chi connectivity index (χ4n) is 3.08. The maximum absolute atomic E-state index is 5.96. The monoisotopic (exact) mass is 364 g/mol. The average molecular weight is 364 g/mol. The van der Waals surface area contributed by atoms with Gasteiger partial charge in [0, 0.05) is 12.4 Å². The van der Waals surface area contributed by atoms with Crippen molar-refractivity contribution < 1.29 is 4.74 Å². The van der Waals surface area contributed by atoms with Crippen molar-refractivity contribution in [2.75, 3.05) is 6.61 Å². The minimum atomic E-state index is 0.621. The largest absolute Gasteiger partial charge is 0.491 e. The minimum absolute atomic E-state index is 0.621. The second-order valence-electron chi connectivity index (χ2n) is 5.83. The van der Waals surface area contributed by atoms with Gasteiger partial charge in [-0.25, -0.2) is 9.97 Å². The lowest BCUT2D eigenvalue weighted by Crippen LogP contribution is -2.12. The number of rotatable bonds is 2.